The van der Waals surface area contributed by atoms with Crippen LogP contribution >= 0.6 is 11.3 Å². The van der Waals surface area contributed by atoms with Crippen LogP contribution in [0, 0.1) is 11.8 Å². The molecule has 3 rings (SSSR count). The number of amides is 3. The number of nitrogens with zero attached hydrogens (tertiary/aromatic N) is 3. The first-order valence-electron chi connectivity index (χ1n) is 9.73. The van der Waals surface area contributed by atoms with Crippen molar-refractivity contribution in [2.75, 3.05) is 32.5 Å². The molecule has 1 aromatic rings. The molecule has 7 heteroatoms. The molecule has 1 aromatic heterocycles. The van der Waals surface area contributed by atoms with Gasteiger partial charge in [0.25, 0.3) is 0 Å². The van der Waals surface area contributed by atoms with Gasteiger partial charge in [0.05, 0.1) is 5.69 Å². The maximum absolute atomic E-state index is 12.6. The standard InChI is InChI=1S/C19H30N4O2S/c1-4-5-13-6-7-15-16(12-13)26-18(20-15)21-17(24)14-8-10-23(11-9-14)19(25)22(2)3/h13-14H,4-12H2,1-3H3,(H,20,21,24). The fourth-order valence-electron chi connectivity index (χ4n) is 3.97. The van der Waals surface area contributed by atoms with Gasteiger partial charge in [0.2, 0.25) is 5.91 Å². The summed E-state index contributed by atoms with van der Waals surface area (Å²) in [6.45, 7) is 3.52. The zero-order chi connectivity index (χ0) is 18.7. The number of fused-ring (bicyclic) bond motifs is 1. The number of thiazole rings is 1. The van der Waals surface area contributed by atoms with Crippen LogP contribution in [0.1, 0.15) is 49.6 Å². The van der Waals surface area contributed by atoms with Crippen LogP contribution in [0.2, 0.25) is 0 Å². The minimum Gasteiger partial charge on any atom is -0.331 e. The smallest absolute Gasteiger partial charge is 0.319 e. The van der Waals surface area contributed by atoms with Gasteiger partial charge in [-0.3, -0.25) is 4.79 Å². The van der Waals surface area contributed by atoms with Crippen LogP contribution in [0.25, 0.3) is 0 Å². The molecule has 0 bridgehead atoms. The Labute approximate surface area is 160 Å². The molecule has 1 unspecified atom stereocenters. The first-order chi connectivity index (χ1) is 12.5. The Morgan fingerprint density at radius 1 is 1.27 bits per heavy atom. The van der Waals surface area contributed by atoms with E-state index in [1.165, 1.54) is 29.8 Å². The predicted octanol–water partition coefficient (Wildman–Crippen LogP) is 3.38. The molecule has 0 saturated carbocycles. The highest BCUT2D eigenvalue weighted by Gasteiger charge is 2.29. The zero-order valence-electron chi connectivity index (χ0n) is 16.1. The first-order valence-corrected chi connectivity index (χ1v) is 10.5. The third-order valence-corrected chi connectivity index (χ3v) is 6.52. The number of rotatable bonds is 4. The van der Waals surface area contributed by atoms with Crippen LogP contribution in [0.4, 0.5) is 9.93 Å². The van der Waals surface area contributed by atoms with E-state index in [0.29, 0.717) is 13.1 Å². The van der Waals surface area contributed by atoms with E-state index in [0.717, 1.165) is 36.7 Å². The van der Waals surface area contributed by atoms with Crippen molar-refractivity contribution >= 4 is 28.4 Å². The number of carbonyl (C=O) groups is 2. The number of carbonyl (C=O) groups excluding carboxylic acids is 2. The average molecular weight is 379 g/mol. The summed E-state index contributed by atoms with van der Waals surface area (Å²) in [6, 6.07) is 0.0260. The maximum atomic E-state index is 12.6. The van der Waals surface area contributed by atoms with E-state index in [4.69, 9.17) is 0 Å². The molecular weight excluding hydrogens is 348 g/mol. The van der Waals surface area contributed by atoms with Crippen molar-refractivity contribution in [3.63, 3.8) is 0 Å². The van der Waals surface area contributed by atoms with Crippen molar-refractivity contribution in [2.24, 2.45) is 11.8 Å². The van der Waals surface area contributed by atoms with E-state index in [9.17, 15) is 9.59 Å². The van der Waals surface area contributed by atoms with E-state index < -0.39 is 0 Å². The number of urea groups is 1. The number of piperidine rings is 1. The number of aromatic nitrogens is 1. The van der Waals surface area contributed by atoms with Crippen molar-refractivity contribution in [1.82, 2.24) is 14.8 Å². The summed E-state index contributed by atoms with van der Waals surface area (Å²) in [4.78, 5) is 34.0. The topological polar surface area (TPSA) is 65.5 Å². The summed E-state index contributed by atoms with van der Waals surface area (Å²) in [5, 5.41) is 3.79. The monoisotopic (exact) mass is 378 g/mol. The summed E-state index contributed by atoms with van der Waals surface area (Å²) in [7, 11) is 3.52. The number of hydrogen-bond acceptors (Lipinski definition) is 4. The fraction of sp³-hybridized carbons (Fsp3) is 0.737. The van der Waals surface area contributed by atoms with Gasteiger partial charge < -0.3 is 15.1 Å². The van der Waals surface area contributed by atoms with Gasteiger partial charge in [-0.25, -0.2) is 9.78 Å². The second-order valence-corrected chi connectivity index (χ2v) is 8.80. The van der Waals surface area contributed by atoms with Crippen LogP contribution in [-0.4, -0.2) is 53.9 Å². The average Bonchev–Trinajstić information content (AvgIpc) is 3.02. The van der Waals surface area contributed by atoms with E-state index in [1.807, 2.05) is 4.90 Å². The van der Waals surface area contributed by atoms with E-state index in [-0.39, 0.29) is 17.9 Å². The van der Waals surface area contributed by atoms with Gasteiger partial charge in [-0.1, -0.05) is 19.8 Å². The van der Waals surface area contributed by atoms with Gasteiger partial charge in [-0.2, -0.15) is 0 Å². The maximum Gasteiger partial charge on any atom is 0.319 e. The van der Waals surface area contributed by atoms with Crippen LogP contribution in [0.5, 0.6) is 0 Å². The molecule has 2 heterocycles. The fourth-order valence-corrected chi connectivity index (χ4v) is 5.10. The van der Waals surface area contributed by atoms with Crippen molar-refractivity contribution in [3.8, 4) is 0 Å². The predicted molar refractivity (Wildman–Crippen MR) is 105 cm³/mol. The third-order valence-electron chi connectivity index (χ3n) is 5.49. The molecule has 3 amide bonds. The van der Waals surface area contributed by atoms with Crippen molar-refractivity contribution in [3.05, 3.63) is 10.6 Å². The number of anilines is 1. The molecular formula is C19H30N4O2S. The van der Waals surface area contributed by atoms with Crippen LogP contribution in [0.15, 0.2) is 0 Å². The number of aryl methyl sites for hydroxylation is 1. The molecule has 26 heavy (non-hydrogen) atoms. The number of nitrogens with one attached hydrogen (secondary N) is 1. The SMILES string of the molecule is CCCC1CCc2nc(NC(=O)C3CCN(C(=O)N(C)C)CC3)sc2C1. The highest BCUT2D eigenvalue weighted by atomic mass is 32.1. The molecule has 0 spiro atoms. The van der Waals surface area contributed by atoms with Crippen molar-refractivity contribution < 1.29 is 9.59 Å². The quantitative estimate of drug-likeness (QED) is 0.873. The normalized spacial score (nSPS) is 20.6. The molecule has 1 aliphatic carbocycles. The summed E-state index contributed by atoms with van der Waals surface area (Å²) in [6.07, 6.45) is 7.32. The van der Waals surface area contributed by atoms with Gasteiger partial charge in [0.1, 0.15) is 0 Å². The Balaban J connectivity index is 1.53. The number of hydrogen-bond donors (Lipinski definition) is 1. The van der Waals surface area contributed by atoms with Crippen LogP contribution in [-0.2, 0) is 17.6 Å². The Hall–Kier alpha value is -1.63. The molecule has 1 atom stereocenters. The molecule has 1 aliphatic heterocycles. The van der Waals surface area contributed by atoms with Crippen LogP contribution in [0.3, 0.4) is 0 Å². The minimum atomic E-state index is -0.0324. The summed E-state index contributed by atoms with van der Waals surface area (Å²) >= 11 is 1.65. The lowest BCUT2D eigenvalue weighted by molar-refractivity contribution is -0.121. The molecule has 1 fully saturated rings. The summed E-state index contributed by atoms with van der Waals surface area (Å²) in [5.74, 6) is 0.795. The Morgan fingerprint density at radius 3 is 2.65 bits per heavy atom. The van der Waals surface area contributed by atoms with E-state index in [2.05, 4.69) is 17.2 Å². The molecule has 0 aromatic carbocycles. The third kappa shape index (κ3) is 4.37. The highest BCUT2D eigenvalue weighted by molar-refractivity contribution is 7.15. The number of likely N-dealkylation sites (tertiary alicyclic amines) is 1. The molecule has 144 valence electrons. The molecule has 2 aliphatic rings. The van der Waals surface area contributed by atoms with Crippen molar-refractivity contribution in [1.29, 1.82) is 0 Å². The highest BCUT2D eigenvalue weighted by Crippen LogP contribution is 2.34. The second-order valence-electron chi connectivity index (χ2n) is 7.71. The summed E-state index contributed by atoms with van der Waals surface area (Å²) < 4.78 is 0. The van der Waals surface area contributed by atoms with Gasteiger partial charge in [-0.15, -0.1) is 11.3 Å². The van der Waals surface area contributed by atoms with E-state index >= 15 is 0 Å². The van der Waals surface area contributed by atoms with Gasteiger partial charge in [-0.05, 0) is 38.0 Å². The van der Waals surface area contributed by atoms with Crippen molar-refractivity contribution in [2.45, 2.75) is 51.9 Å². The lowest BCUT2D eigenvalue weighted by Crippen LogP contribution is -2.45. The van der Waals surface area contributed by atoms with Crippen LogP contribution < -0.4 is 5.32 Å². The Morgan fingerprint density at radius 2 is 2.00 bits per heavy atom. The molecule has 1 saturated heterocycles. The lowest BCUT2D eigenvalue weighted by atomic mass is 9.88. The Bertz CT molecular complexity index is 650. The van der Waals surface area contributed by atoms with Gasteiger partial charge in [0.15, 0.2) is 5.13 Å². The molecule has 6 nitrogen and oxygen atoms in total. The van der Waals surface area contributed by atoms with Gasteiger partial charge >= 0.3 is 6.03 Å². The first kappa shape index (κ1) is 19.1. The largest absolute Gasteiger partial charge is 0.331 e. The zero-order valence-corrected chi connectivity index (χ0v) is 16.9. The van der Waals surface area contributed by atoms with E-state index in [1.54, 1.807) is 30.3 Å². The second kappa shape index (κ2) is 8.37. The molecule has 1 N–H and O–H groups in total. The lowest BCUT2D eigenvalue weighted by Gasteiger charge is -2.32. The molecule has 0 radical (unpaired) electrons. The van der Waals surface area contributed by atoms with Gasteiger partial charge in [0, 0.05) is 38.0 Å². The minimum absolute atomic E-state index is 0.0260. The summed E-state index contributed by atoms with van der Waals surface area (Å²) in [5.41, 5.74) is 1.18. The Kier molecular flexibility index (Phi) is 6.16.